The first-order valence-corrected chi connectivity index (χ1v) is 7.83. The molecular weight excluding hydrogens is 342 g/mol. The molecule has 1 aliphatic heterocycles. The minimum Gasteiger partial charge on any atom is -0.463 e. The Morgan fingerprint density at radius 3 is 2.73 bits per heavy atom. The summed E-state index contributed by atoms with van der Waals surface area (Å²) < 4.78 is 0.700. The predicted molar refractivity (Wildman–Crippen MR) is 91.4 cm³/mol. The number of hydrogen-bond acceptors (Lipinski definition) is 6. The summed E-state index contributed by atoms with van der Waals surface area (Å²) in [5.74, 6) is -0.776. The third kappa shape index (κ3) is 2.90. The smallest absolute Gasteiger partial charge is 0.434 e. The molecule has 0 aliphatic carbocycles. The molecule has 26 heavy (non-hydrogen) atoms. The van der Waals surface area contributed by atoms with Crippen LogP contribution in [0, 0.1) is 10.1 Å². The van der Waals surface area contributed by atoms with Crippen molar-refractivity contribution < 1.29 is 19.6 Å². The second-order valence-electron chi connectivity index (χ2n) is 6.59. The second kappa shape index (κ2) is 6.23. The monoisotopic (exact) mass is 359 g/mol. The van der Waals surface area contributed by atoms with Gasteiger partial charge in [0.15, 0.2) is 0 Å². The largest absolute Gasteiger partial charge is 0.463 e. The molecule has 1 aromatic heterocycles. The maximum Gasteiger partial charge on any atom is 0.434 e. The van der Waals surface area contributed by atoms with Crippen LogP contribution in [0.2, 0.25) is 0 Å². The molecule has 1 aliphatic rings. The number of carbonyl (C=O) groups excluding carboxylic acids is 1. The number of rotatable bonds is 3. The number of aromatic nitrogens is 2. The second-order valence-corrected chi connectivity index (χ2v) is 6.59. The number of para-hydroxylation sites is 1. The molecule has 10 nitrogen and oxygen atoms in total. The summed E-state index contributed by atoms with van der Waals surface area (Å²) >= 11 is 0. The van der Waals surface area contributed by atoms with E-state index in [1.807, 2.05) is 13.8 Å². The van der Waals surface area contributed by atoms with Gasteiger partial charge in [0.25, 0.3) is 11.6 Å². The minimum absolute atomic E-state index is 0.00377. The molecule has 0 saturated carbocycles. The van der Waals surface area contributed by atoms with Crippen LogP contribution in [0.4, 0.5) is 16.3 Å². The number of benzene rings is 1. The number of carboxylic acid groups (broad SMARTS) is 1. The lowest BCUT2D eigenvalue weighted by molar-refractivity contribution is -0.385. The third-order valence-electron chi connectivity index (χ3n) is 4.25. The van der Waals surface area contributed by atoms with Crippen LogP contribution < -0.4 is 10.6 Å². The summed E-state index contributed by atoms with van der Waals surface area (Å²) in [7, 11) is 0. The van der Waals surface area contributed by atoms with Crippen molar-refractivity contribution in [3.05, 3.63) is 51.2 Å². The zero-order chi connectivity index (χ0) is 19.1. The van der Waals surface area contributed by atoms with Gasteiger partial charge in [-0.15, -0.1) is 4.68 Å². The Balaban J connectivity index is 2.06. The third-order valence-corrected chi connectivity index (χ3v) is 4.25. The number of amides is 1. The number of nitrogens with zero attached hydrogens (tertiary/aromatic N) is 3. The lowest BCUT2D eigenvalue weighted by Crippen LogP contribution is -2.38. The number of nitro benzene ring substituents is 1. The van der Waals surface area contributed by atoms with Gasteiger partial charge in [0, 0.05) is 30.1 Å². The average molecular weight is 359 g/mol. The maximum absolute atomic E-state index is 12.6. The van der Waals surface area contributed by atoms with E-state index in [1.54, 1.807) is 0 Å². The first-order chi connectivity index (χ1) is 12.2. The zero-order valence-corrected chi connectivity index (χ0v) is 14.1. The van der Waals surface area contributed by atoms with E-state index in [1.165, 1.54) is 24.3 Å². The number of fused-ring (bicyclic) bond motifs is 1. The van der Waals surface area contributed by atoms with Gasteiger partial charge in [-0.3, -0.25) is 14.9 Å². The summed E-state index contributed by atoms with van der Waals surface area (Å²) in [5, 5.41) is 30.3. The highest BCUT2D eigenvalue weighted by molar-refractivity contribution is 6.07. The van der Waals surface area contributed by atoms with E-state index in [-0.39, 0.29) is 17.1 Å². The maximum atomic E-state index is 12.6. The molecule has 0 radical (unpaired) electrons. The van der Waals surface area contributed by atoms with Crippen molar-refractivity contribution in [3.63, 3.8) is 0 Å². The molecule has 3 rings (SSSR count). The fourth-order valence-corrected chi connectivity index (χ4v) is 3.01. The number of carbonyl (C=O) groups is 2. The Morgan fingerprint density at radius 2 is 2.08 bits per heavy atom. The fraction of sp³-hybridized carbons (Fsp3) is 0.312. The molecule has 3 N–H and O–H groups in total. The van der Waals surface area contributed by atoms with Gasteiger partial charge >= 0.3 is 6.09 Å². The van der Waals surface area contributed by atoms with Crippen LogP contribution in [-0.4, -0.2) is 38.4 Å². The average Bonchev–Trinajstić information content (AvgIpc) is 2.95. The number of nitrogens with one attached hydrogen (secondary N) is 2. The lowest BCUT2D eigenvalue weighted by Gasteiger charge is -2.29. The molecule has 1 aromatic carbocycles. The summed E-state index contributed by atoms with van der Waals surface area (Å²) in [6, 6.07) is 5.47. The van der Waals surface area contributed by atoms with Gasteiger partial charge in [0.2, 0.25) is 0 Å². The number of nitro groups is 1. The molecule has 2 aromatic rings. The molecule has 10 heteroatoms. The summed E-state index contributed by atoms with van der Waals surface area (Å²) in [6.45, 7) is 4.75. The van der Waals surface area contributed by atoms with Crippen molar-refractivity contribution in [1.29, 1.82) is 0 Å². The fourth-order valence-electron chi connectivity index (χ4n) is 3.01. The van der Waals surface area contributed by atoms with E-state index in [0.717, 1.165) is 0 Å². The van der Waals surface area contributed by atoms with Crippen molar-refractivity contribution in [2.24, 2.45) is 0 Å². The summed E-state index contributed by atoms with van der Waals surface area (Å²) in [4.78, 5) is 34.6. The first-order valence-electron chi connectivity index (χ1n) is 7.83. The van der Waals surface area contributed by atoms with Gasteiger partial charge in [0.05, 0.1) is 10.6 Å². The Kier molecular flexibility index (Phi) is 4.20. The van der Waals surface area contributed by atoms with Crippen molar-refractivity contribution >= 4 is 23.5 Å². The van der Waals surface area contributed by atoms with E-state index in [9.17, 15) is 24.8 Å². The van der Waals surface area contributed by atoms with Gasteiger partial charge in [-0.25, -0.2) is 4.79 Å². The van der Waals surface area contributed by atoms with Crippen LogP contribution in [0.1, 0.15) is 35.5 Å². The van der Waals surface area contributed by atoms with Crippen LogP contribution in [0.15, 0.2) is 24.3 Å². The Hall–Kier alpha value is -3.27. The van der Waals surface area contributed by atoms with Gasteiger partial charge in [0.1, 0.15) is 11.4 Å². The Morgan fingerprint density at radius 1 is 1.38 bits per heavy atom. The van der Waals surface area contributed by atoms with Gasteiger partial charge in [-0.2, -0.15) is 5.10 Å². The molecule has 0 unspecified atom stereocenters. The molecule has 136 valence electrons. The Bertz CT molecular complexity index is 918. The molecular formula is C16H17N5O5. The molecule has 0 saturated heterocycles. The van der Waals surface area contributed by atoms with Crippen LogP contribution in [0.3, 0.4) is 0 Å². The van der Waals surface area contributed by atoms with Crippen molar-refractivity contribution in [1.82, 2.24) is 15.1 Å². The molecule has 0 bridgehead atoms. The number of hydrogen-bond donors (Lipinski definition) is 3. The molecule has 2 heterocycles. The topological polar surface area (TPSA) is 139 Å². The van der Waals surface area contributed by atoms with Gasteiger partial charge in [-0.1, -0.05) is 26.0 Å². The predicted octanol–water partition coefficient (Wildman–Crippen LogP) is 1.95. The van der Waals surface area contributed by atoms with E-state index in [0.29, 0.717) is 29.0 Å². The van der Waals surface area contributed by atoms with Crippen molar-refractivity contribution in [2.45, 2.75) is 25.8 Å². The summed E-state index contributed by atoms with van der Waals surface area (Å²) in [5.41, 5.74) is 0.171. The first kappa shape index (κ1) is 17.5. The zero-order valence-electron chi connectivity index (χ0n) is 14.1. The normalized spacial score (nSPS) is 15.2. The van der Waals surface area contributed by atoms with E-state index in [2.05, 4.69) is 15.7 Å². The summed E-state index contributed by atoms with van der Waals surface area (Å²) in [6.07, 6.45) is -1.35. The van der Waals surface area contributed by atoms with E-state index < -0.39 is 22.3 Å². The van der Waals surface area contributed by atoms with Crippen molar-refractivity contribution in [3.8, 4) is 0 Å². The molecule has 0 atom stereocenters. The minimum atomic E-state index is -1.35. The quantitative estimate of drug-likeness (QED) is 0.562. The van der Waals surface area contributed by atoms with Gasteiger partial charge < -0.3 is 15.7 Å². The van der Waals surface area contributed by atoms with Crippen LogP contribution in [-0.2, 0) is 12.0 Å². The molecule has 0 fully saturated rings. The Labute approximate surface area is 148 Å². The SMILES string of the molecule is CC1(C)CNCc2c1nn(C(=O)O)c2NC(=O)c1ccccc1[N+](=O)[O-]. The highest BCUT2D eigenvalue weighted by Crippen LogP contribution is 2.33. The molecule has 1 amide bonds. The standard InChI is InChI=1S/C16H17N5O5/c1-16(2)8-17-7-10-12(16)19-20(15(23)24)13(10)18-14(22)9-5-3-4-6-11(9)21(25)26/h3-6,17H,7-8H2,1-2H3,(H,18,22)(H,23,24). The number of anilines is 1. The van der Waals surface area contributed by atoms with E-state index >= 15 is 0 Å². The van der Waals surface area contributed by atoms with Crippen molar-refractivity contribution in [2.75, 3.05) is 11.9 Å². The van der Waals surface area contributed by atoms with E-state index in [4.69, 9.17) is 0 Å². The van der Waals surface area contributed by atoms with Gasteiger partial charge in [-0.05, 0) is 6.07 Å². The van der Waals surface area contributed by atoms with Crippen LogP contribution in [0.25, 0.3) is 0 Å². The molecule has 0 spiro atoms. The highest BCUT2D eigenvalue weighted by atomic mass is 16.6. The lowest BCUT2D eigenvalue weighted by atomic mass is 9.84. The highest BCUT2D eigenvalue weighted by Gasteiger charge is 2.35. The van der Waals surface area contributed by atoms with Crippen LogP contribution >= 0.6 is 0 Å². The van der Waals surface area contributed by atoms with Crippen LogP contribution in [0.5, 0.6) is 0 Å².